The van der Waals surface area contributed by atoms with Crippen molar-refractivity contribution >= 4 is 61.1 Å². The number of para-hydroxylation sites is 1. The molecule has 3 aromatic rings. The summed E-state index contributed by atoms with van der Waals surface area (Å²) in [7, 11) is 1.64. The van der Waals surface area contributed by atoms with E-state index in [1.807, 2.05) is 24.3 Å². The lowest BCUT2D eigenvalue weighted by molar-refractivity contribution is -0.127. The van der Waals surface area contributed by atoms with Crippen molar-refractivity contribution < 1.29 is 14.0 Å². The first-order valence-electron chi connectivity index (χ1n) is 8.43. The van der Waals surface area contributed by atoms with Gasteiger partial charge in [0.15, 0.2) is 5.17 Å². The number of anilines is 1. The Hall–Kier alpha value is -2.78. The molecule has 1 aromatic heterocycles. The average molecular weight is 414 g/mol. The number of amides is 2. The van der Waals surface area contributed by atoms with Crippen LogP contribution in [0, 0.1) is 5.82 Å². The highest BCUT2D eigenvalue weighted by Gasteiger charge is 2.37. The molecular formula is C19H15FN4O2S2. The number of halogens is 1. The van der Waals surface area contributed by atoms with Crippen LogP contribution in [-0.2, 0) is 9.59 Å². The van der Waals surface area contributed by atoms with Crippen LogP contribution in [0.5, 0.6) is 0 Å². The molecule has 2 amide bonds. The van der Waals surface area contributed by atoms with Crippen LogP contribution in [0.1, 0.15) is 6.42 Å². The number of thiazole rings is 1. The van der Waals surface area contributed by atoms with Gasteiger partial charge in [-0.25, -0.2) is 9.37 Å². The number of aromatic nitrogens is 1. The van der Waals surface area contributed by atoms with Crippen LogP contribution in [0.25, 0.3) is 10.2 Å². The number of amidine groups is 1. The summed E-state index contributed by atoms with van der Waals surface area (Å²) in [5.41, 5.74) is 1.35. The minimum Gasteiger partial charge on any atom is -0.326 e. The Balaban J connectivity index is 1.45. The van der Waals surface area contributed by atoms with Crippen LogP contribution in [-0.4, -0.2) is 39.2 Å². The summed E-state index contributed by atoms with van der Waals surface area (Å²) in [6.07, 6.45) is 0.00405. The third kappa shape index (κ3) is 3.90. The van der Waals surface area contributed by atoms with Gasteiger partial charge < -0.3 is 5.32 Å². The molecule has 2 heterocycles. The fourth-order valence-corrected chi connectivity index (χ4v) is 4.73. The first-order chi connectivity index (χ1) is 13.5. The second kappa shape index (κ2) is 7.69. The van der Waals surface area contributed by atoms with Crippen LogP contribution in [0.4, 0.5) is 15.2 Å². The summed E-state index contributed by atoms with van der Waals surface area (Å²) in [5.74, 6) is -0.872. The number of benzene rings is 2. The number of nitrogens with one attached hydrogen (secondary N) is 1. The van der Waals surface area contributed by atoms with Gasteiger partial charge >= 0.3 is 0 Å². The van der Waals surface area contributed by atoms with Crippen LogP contribution in [0.3, 0.4) is 0 Å². The van der Waals surface area contributed by atoms with Gasteiger partial charge in [0.25, 0.3) is 0 Å². The smallest absolute Gasteiger partial charge is 0.242 e. The van der Waals surface area contributed by atoms with Gasteiger partial charge in [-0.2, -0.15) is 4.99 Å². The minimum absolute atomic E-state index is 0.00405. The molecule has 0 radical (unpaired) electrons. The first kappa shape index (κ1) is 18.6. The third-order valence-corrected chi connectivity index (χ3v) is 6.27. The number of carbonyl (C=O) groups excluding carboxylic acids is 2. The van der Waals surface area contributed by atoms with E-state index in [0.29, 0.717) is 16.0 Å². The topological polar surface area (TPSA) is 74.7 Å². The van der Waals surface area contributed by atoms with E-state index in [-0.39, 0.29) is 24.1 Å². The summed E-state index contributed by atoms with van der Waals surface area (Å²) in [6, 6.07) is 13.2. The van der Waals surface area contributed by atoms with E-state index in [1.54, 1.807) is 7.05 Å². The third-order valence-electron chi connectivity index (χ3n) is 4.11. The van der Waals surface area contributed by atoms with E-state index in [1.165, 1.54) is 52.3 Å². The van der Waals surface area contributed by atoms with Gasteiger partial charge in [-0.3, -0.25) is 14.5 Å². The van der Waals surface area contributed by atoms with E-state index in [4.69, 9.17) is 0 Å². The maximum Gasteiger partial charge on any atom is 0.242 e. The van der Waals surface area contributed by atoms with Crippen molar-refractivity contribution in [3.63, 3.8) is 0 Å². The van der Waals surface area contributed by atoms with Crippen molar-refractivity contribution in [2.24, 2.45) is 4.99 Å². The lowest BCUT2D eigenvalue weighted by Crippen LogP contribution is -2.30. The highest BCUT2D eigenvalue weighted by molar-refractivity contribution is 8.15. The average Bonchev–Trinajstić information content (AvgIpc) is 3.20. The number of fused-ring (bicyclic) bond motifs is 1. The molecule has 0 saturated carbocycles. The molecule has 0 aliphatic carbocycles. The Morgan fingerprint density at radius 3 is 2.75 bits per heavy atom. The van der Waals surface area contributed by atoms with Gasteiger partial charge in [-0.1, -0.05) is 35.2 Å². The van der Waals surface area contributed by atoms with Crippen LogP contribution in [0.2, 0.25) is 0 Å². The number of hydrogen-bond acceptors (Lipinski definition) is 6. The molecule has 6 nitrogen and oxygen atoms in total. The molecule has 9 heteroatoms. The number of nitrogens with zero attached hydrogens (tertiary/aromatic N) is 3. The van der Waals surface area contributed by atoms with Crippen molar-refractivity contribution in [3.05, 3.63) is 54.3 Å². The Bertz CT molecular complexity index is 1050. The van der Waals surface area contributed by atoms with Gasteiger partial charge in [0, 0.05) is 19.2 Å². The van der Waals surface area contributed by atoms with Crippen molar-refractivity contribution in [1.29, 1.82) is 0 Å². The number of rotatable bonds is 4. The molecular weight excluding hydrogens is 399 g/mol. The summed E-state index contributed by atoms with van der Waals surface area (Å²) >= 11 is 2.69. The summed E-state index contributed by atoms with van der Waals surface area (Å²) < 4.78 is 14.0. The monoisotopic (exact) mass is 414 g/mol. The van der Waals surface area contributed by atoms with Gasteiger partial charge in [-0.15, -0.1) is 0 Å². The standard InChI is InChI=1S/C19H15FN4O2S2/c1-24-17(26)15(10-16(25)21-12-8-6-11(20)7-9-12)28-19(24)23-18-22-13-4-2-3-5-14(13)27-18/h2-9,15H,10H2,1H3,(H,21,25)/t15-/m1/s1. The molecule has 0 bridgehead atoms. The van der Waals surface area contributed by atoms with Crippen LogP contribution >= 0.6 is 23.1 Å². The Morgan fingerprint density at radius 1 is 1.25 bits per heavy atom. The summed E-state index contributed by atoms with van der Waals surface area (Å²) in [6.45, 7) is 0. The fourth-order valence-electron chi connectivity index (χ4n) is 2.70. The zero-order chi connectivity index (χ0) is 19.7. The van der Waals surface area contributed by atoms with Crippen LogP contribution in [0.15, 0.2) is 53.5 Å². The number of carbonyl (C=O) groups is 2. The lowest BCUT2D eigenvalue weighted by atomic mass is 10.2. The highest BCUT2D eigenvalue weighted by Crippen LogP contribution is 2.33. The number of aliphatic imine (C=N–C) groups is 1. The Kier molecular flexibility index (Phi) is 5.10. The van der Waals surface area contributed by atoms with Crippen molar-refractivity contribution in [2.75, 3.05) is 12.4 Å². The van der Waals surface area contributed by atoms with E-state index in [9.17, 15) is 14.0 Å². The zero-order valence-electron chi connectivity index (χ0n) is 14.8. The Labute approximate surface area is 168 Å². The van der Waals surface area contributed by atoms with E-state index in [2.05, 4.69) is 15.3 Å². The molecule has 1 atom stereocenters. The predicted molar refractivity (Wildman–Crippen MR) is 111 cm³/mol. The molecule has 1 fully saturated rings. The highest BCUT2D eigenvalue weighted by atomic mass is 32.2. The van der Waals surface area contributed by atoms with Crippen molar-refractivity contribution in [2.45, 2.75) is 11.7 Å². The van der Waals surface area contributed by atoms with Gasteiger partial charge in [0.1, 0.15) is 11.1 Å². The maximum atomic E-state index is 13.0. The zero-order valence-corrected chi connectivity index (χ0v) is 16.4. The first-order valence-corrected chi connectivity index (χ1v) is 10.1. The second-order valence-corrected chi connectivity index (χ2v) is 8.30. The predicted octanol–water partition coefficient (Wildman–Crippen LogP) is 4.03. The quantitative estimate of drug-likeness (QED) is 0.700. The second-order valence-electron chi connectivity index (χ2n) is 6.12. The minimum atomic E-state index is -0.557. The largest absolute Gasteiger partial charge is 0.326 e. The van der Waals surface area contributed by atoms with Crippen molar-refractivity contribution in [3.8, 4) is 0 Å². The normalized spacial score (nSPS) is 18.2. The number of hydrogen-bond donors (Lipinski definition) is 1. The molecule has 142 valence electrons. The molecule has 4 rings (SSSR count). The van der Waals surface area contributed by atoms with Crippen molar-refractivity contribution in [1.82, 2.24) is 9.88 Å². The summed E-state index contributed by atoms with van der Waals surface area (Å²) in [5, 5.41) is 3.20. The van der Waals surface area contributed by atoms with Gasteiger partial charge in [0.2, 0.25) is 16.9 Å². The van der Waals surface area contributed by atoms with E-state index >= 15 is 0 Å². The molecule has 0 unspecified atom stereocenters. The molecule has 0 spiro atoms. The van der Waals surface area contributed by atoms with E-state index < -0.39 is 5.25 Å². The molecule has 28 heavy (non-hydrogen) atoms. The molecule has 2 aromatic carbocycles. The SMILES string of the molecule is CN1C(=O)[C@@H](CC(=O)Nc2ccc(F)cc2)SC1=Nc1nc2ccccc2s1. The molecule has 1 aliphatic heterocycles. The number of thioether (sulfide) groups is 1. The Morgan fingerprint density at radius 2 is 2.00 bits per heavy atom. The molecule has 1 saturated heterocycles. The van der Waals surface area contributed by atoms with E-state index in [0.717, 1.165) is 10.2 Å². The molecule has 1 aliphatic rings. The fraction of sp³-hybridized carbons (Fsp3) is 0.158. The molecule has 1 N–H and O–H groups in total. The summed E-state index contributed by atoms with van der Waals surface area (Å²) in [4.78, 5) is 35.1. The van der Waals surface area contributed by atoms with Gasteiger partial charge in [0.05, 0.1) is 10.2 Å². The van der Waals surface area contributed by atoms with Crippen LogP contribution < -0.4 is 5.32 Å². The van der Waals surface area contributed by atoms with Gasteiger partial charge in [-0.05, 0) is 36.4 Å². The lowest BCUT2D eigenvalue weighted by Gasteiger charge is -2.09. The maximum absolute atomic E-state index is 13.0.